The highest BCUT2D eigenvalue weighted by atomic mass is 16.4. The lowest BCUT2D eigenvalue weighted by molar-refractivity contribution is 0.231. The molecule has 0 fully saturated rings. The quantitative estimate of drug-likeness (QED) is 0.479. The van der Waals surface area contributed by atoms with Gasteiger partial charge in [0.25, 0.3) is 0 Å². The van der Waals surface area contributed by atoms with Crippen LogP contribution in [0.2, 0.25) is 0 Å². The number of aromatic nitrogens is 2. The van der Waals surface area contributed by atoms with Crippen LogP contribution in [0.3, 0.4) is 0 Å². The van der Waals surface area contributed by atoms with E-state index in [2.05, 4.69) is 0 Å². The molecule has 0 saturated heterocycles. The fourth-order valence-electron chi connectivity index (χ4n) is 4.04. The second-order valence-corrected chi connectivity index (χ2v) is 7.53. The molecule has 1 atom stereocenters. The van der Waals surface area contributed by atoms with E-state index in [1.165, 1.54) is 0 Å². The highest BCUT2D eigenvalue weighted by Crippen LogP contribution is 2.42. The van der Waals surface area contributed by atoms with Gasteiger partial charge in [0, 0.05) is 16.7 Å². The summed E-state index contributed by atoms with van der Waals surface area (Å²) in [5.74, 6) is 2.56. The third-order valence-electron chi connectivity index (χ3n) is 5.50. The number of hydrogen-bond donors (Lipinski definition) is 1. The lowest BCUT2D eigenvalue weighted by Crippen LogP contribution is -2.05. The van der Waals surface area contributed by atoms with E-state index in [-0.39, 0.29) is 0 Å². The van der Waals surface area contributed by atoms with Crippen molar-refractivity contribution in [2.24, 2.45) is 0 Å². The van der Waals surface area contributed by atoms with E-state index in [1.807, 2.05) is 74.5 Å². The van der Waals surface area contributed by atoms with Gasteiger partial charge >= 0.3 is 0 Å². The fraction of sp³-hybridized carbons (Fsp3) is 0.200. The number of nitrogens with zero attached hydrogens (tertiary/aromatic N) is 2. The van der Waals surface area contributed by atoms with Gasteiger partial charge in [-0.1, -0.05) is 36.4 Å². The number of oxazole rings is 2. The van der Waals surface area contributed by atoms with Crippen molar-refractivity contribution in [2.75, 3.05) is 0 Å². The molecule has 5 rings (SSSR count). The van der Waals surface area contributed by atoms with Crippen molar-refractivity contribution < 1.29 is 13.9 Å². The summed E-state index contributed by atoms with van der Waals surface area (Å²) in [5.41, 5.74) is 5.07. The third-order valence-corrected chi connectivity index (χ3v) is 5.50. The number of aryl methyl sites for hydroxylation is 2. The molecular formula is C25H22N2O3. The van der Waals surface area contributed by atoms with E-state index in [0.717, 1.165) is 33.7 Å². The molecule has 0 spiro atoms. The predicted octanol–water partition coefficient (Wildman–Crippen LogP) is 5.68. The molecule has 30 heavy (non-hydrogen) atoms. The van der Waals surface area contributed by atoms with Gasteiger partial charge in [0.1, 0.15) is 22.9 Å². The van der Waals surface area contributed by atoms with Crippen LogP contribution >= 0.6 is 0 Å². The number of allylic oxidation sites excluding steroid dienone is 1. The van der Waals surface area contributed by atoms with Crippen LogP contribution in [0.1, 0.15) is 35.7 Å². The van der Waals surface area contributed by atoms with Gasteiger partial charge in [0.2, 0.25) is 11.8 Å². The van der Waals surface area contributed by atoms with E-state index in [4.69, 9.17) is 18.8 Å². The summed E-state index contributed by atoms with van der Waals surface area (Å²) in [4.78, 5) is 9.51. The van der Waals surface area contributed by atoms with E-state index in [9.17, 15) is 5.11 Å². The molecule has 5 heteroatoms. The Bertz CT molecular complexity index is 1220. The summed E-state index contributed by atoms with van der Waals surface area (Å²) in [7, 11) is 0. The highest BCUT2D eigenvalue weighted by Gasteiger charge is 2.32. The van der Waals surface area contributed by atoms with Crippen molar-refractivity contribution in [1.82, 2.24) is 9.97 Å². The summed E-state index contributed by atoms with van der Waals surface area (Å²) in [6, 6.07) is 19.6. The Morgan fingerprint density at radius 2 is 1.27 bits per heavy atom. The first-order chi connectivity index (χ1) is 14.6. The van der Waals surface area contributed by atoms with Crippen LogP contribution in [0.25, 0.3) is 34.1 Å². The molecule has 5 nitrogen and oxygen atoms in total. The standard InChI is InChI=1S/C25H22N2O3/c1-15-22(26-24(29-15)17-9-5-3-6-10-17)19-13-14-20(28)21(19)23-16(2)30-25(27-23)18-11-7-4-8-12-18/h3-12,20,28H,13-14H2,1-2H3. The van der Waals surface area contributed by atoms with Crippen molar-refractivity contribution >= 4 is 11.1 Å². The summed E-state index contributed by atoms with van der Waals surface area (Å²) in [6.45, 7) is 3.80. The Balaban J connectivity index is 1.61. The maximum atomic E-state index is 10.8. The van der Waals surface area contributed by atoms with Crippen LogP contribution in [0, 0.1) is 13.8 Å². The maximum absolute atomic E-state index is 10.8. The topological polar surface area (TPSA) is 72.3 Å². The SMILES string of the molecule is Cc1oc(-c2ccccc2)nc1C1=C(c2nc(-c3ccccc3)oc2C)C(O)CC1. The Morgan fingerprint density at radius 3 is 1.83 bits per heavy atom. The Kier molecular flexibility index (Phi) is 4.60. The van der Waals surface area contributed by atoms with Gasteiger partial charge in [-0.3, -0.25) is 0 Å². The van der Waals surface area contributed by atoms with Crippen molar-refractivity contribution in [3.8, 4) is 22.9 Å². The lowest BCUT2D eigenvalue weighted by atomic mass is 10.0. The van der Waals surface area contributed by atoms with Gasteiger partial charge in [-0.25, -0.2) is 9.97 Å². The zero-order valence-corrected chi connectivity index (χ0v) is 16.9. The van der Waals surface area contributed by atoms with Crippen molar-refractivity contribution in [3.05, 3.63) is 83.6 Å². The predicted molar refractivity (Wildman–Crippen MR) is 115 cm³/mol. The first-order valence-electron chi connectivity index (χ1n) is 10.1. The molecule has 1 unspecified atom stereocenters. The largest absolute Gasteiger partial charge is 0.441 e. The minimum Gasteiger partial charge on any atom is -0.441 e. The summed E-state index contributed by atoms with van der Waals surface area (Å²) >= 11 is 0. The van der Waals surface area contributed by atoms with Gasteiger partial charge in [0.05, 0.1) is 6.10 Å². The number of aliphatic hydroxyl groups excluding tert-OH is 1. The molecular weight excluding hydrogens is 376 g/mol. The molecule has 1 aliphatic rings. The van der Waals surface area contributed by atoms with Crippen LogP contribution in [0.5, 0.6) is 0 Å². The Morgan fingerprint density at radius 1 is 0.767 bits per heavy atom. The smallest absolute Gasteiger partial charge is 0.226 e. The van der Waals surface area contributed by atoms with E-state index in [0.29, 0.717) is 36.1 Å². The van der Waals surface area contributed by atoms with Crippen LogP contribution < -0.4 is 0 Å². The van der Waals surface area contributed by atoms with Crippen molar-refractivity contribution in [2.45, 2.75) is 32.8 Å². The van der Waals surface area contributed by atoms with Gasteiger partial charge < -0.3 is 13.9 Å². The average Bonchev–Trinajstić information content (AvgIpc) is 3.45. The summed E-state index contributed by atoms with van der Waals surface area (Å²) in [6.07, 6.45) is 0.735. The number of hydrogen-bond acceptors (Lipinski definition) is 5. The number of aliphatic hydroxyl groups is 1. The van der Waals surface area contributed by atoms with Crippen molar-refractivity contribution in [1.29, 1.82) is 0 Å². The minimum atomic E-state index is -0.608. The van der Waals surface area contributed by atoms with Crippen LogP contribution in [0.4, 0.5) is 0 Å². The van der Waals surface area contributed by atoms with Crippen LogP contribution in [-0.2, 0) is 0 Å². The molecule has 2 heterocycles. The normalized spacial score (nSPS) is 16.4. The summed E-state index contributed by atoms with van der Waals surface area (Å²) in [5, 5.41) is 10.8. The molecule has 1 N–H and O–H groups in total. The zero-order chi connectivity index (χ0) is 20.7. The van der Waals surface area contributed by atoms with Gasteiger partial charge in [-0.15, -0.1) is 0 Å². The molecule has 0 radical (unpaired) electrons. The lowest BCUT2D eigenvalue weighted by Gasteiger charge is -2.08. The molecule has 0 bridgehead atoms. The maximum Gasteiger partial charge on any atom is 0.226 e. The fourth-order valence-corrected chi connectivity index (χ4v) is 4.04. The Hall–Kier alpha value is -3.44. The molecule has 1 aliphatic carbocycles. The minimum absolute atomic E-state index is 0.552. The molecule has 2 aromatic carbocycles. The monoisotopic (exact) mass is 398 g/mol. The molecule has 4 aromatic rings. The van der Waals surface area contributed by atoms with Gasteiger partial charge in [0.15, 0.2) is 0 Å². The second-order valence-electron chi connectivity index (χ2n) is 7.53. The average molecular weight is 398 g/mol. The van der Waals surface area contributed by atoms with Gasteiger partial charge in [-0.05, 0) is 56.5 Å². The van der Waals surface area contributed by atoms with E-state index < -0.39 is 6.10 Å². The number of benzene rings is 2. The molecule has 150 valence electrons. The summed E-state index contributed by atoms with van der Waals surface area (Å²) < 4.78 is 11.9. The first-order valence-corrected chi connectivity index (χ1v) is 10.1. The molecule has 0 amide bonds. The van der Waals surface area contributed by atoms with Crippen LogP contribution in [0.15, 0.2) is 69.5 Å². The molecule has 0 aliphatic heterocycles. The second kappa shape index (κ2) is 7.43. The Labute approximate surface area is 174 Å². The highest BCUT2D eigenvalue weighted by molar-refractivity contribution is 5.94. The molecule has 0 saturated carbocycles. The first kappa shape index (κ1) is 18.6. The van der Waals surface area contributed by atoms with Crippen molar-refractivity contribution in [3.63, 3.8) is 0 Å². The molecule has 2 aromatic heterocycles. The van der Waals surface area contributed by atoms with Crippen LogP contribution in [-0.4, -0.2) is 21.2 Å². The third kappa shape index (κ3) is 3.17. The number of rotatable bonds is 4. The van der Waals surface area contributed by atoms with E-state index in [1.54, 1.807) is 0 Å². The van der Waals surface area contributed by atoms with Gasteiger partial charge in [-0.2, -0.15) is 0 Å². The van der Waals surface area contributed by atoms with E-state index >= 15 is 0 Å². The zero-order valence-electron chi connectivity index (χ0n) is 16.9.